The zero-order valence-corrected chi connectivity index (χ0v) is 7.21. The van der Waals surface area contributed by atoms with Crippen LogP contribution in [0.15, 0.2) is 0 Å². The molecule has 0 aliphatic heterocycles. The number of hydrogen-bond donors (Lipinski definition) is 1. The number of hydrogen-bond acceptors (Lipinski definition) is 1. The number of primary amides is 1. The maximum absolute atomic E-state index is 12.6. The Bertz CT molecular complexity index is 259. The van der Waals surface area contributed by atoms with Gasteiger partial charge in [0.25, 0.3) is 0 Å². The number of alkyl halides is 7. The van der Waals surface area contributed by atoms with Crippen molar-refractivity contribution in [1.29, 1.82) is 0 Å². The van der Waals surface area contributed by atoms with Crippen LogP contribution in [0.2, 0.25) is 0 Å². The van der Waals surface area contributed by atoms with Gasteiger partial charge in [0, 0.05) is 0 Å². The van der Waals surface area contributed by atoms with Gasteiger partial charge in [-0.15, -0.1) is 0 Å². The van der Waals surface area contributed by atoms with Crippen LogP contribution < -0.4 is 5.73 Å². The lowest BCUT2D eigenvalue weighted by Crippen LogP contribution is -2.57. The Morgan fingerprint density at radius 1 is 1.07 bits per heavy atom. The predicted molar refractivity (Wildman–Crippen MR) is 34.3 cm³/mol. The summed E-state index contributed by atoms with van der Waals surface area (Å²) >= 11 is 0. The molecule has 0 spiro atoms. The third kappa shape index (κ3) is 2.15. The summed E-state index contributed by atoms with van der Waals surface area (Å²) in [5, 5.41) is 0. The van der Waals surface area contributed by atoms with Crippen LogP contribution in [-0.2, 0) is 4.79 Å². The second-order valence-electron chi connectivity index (χ2n) is 2.82. The molecule has 0 aliphatic rings. The molecule has 0 bridgehead atoms. The minimum absolute atomic E-state index is 0.196. The molecule has 2 nitrogen and oxygen atoms in total. The van der Waals surface area contributed by atoms with Gasteiger partial charge in [-0.1, -0.05) is 0 Å². The van der Waals surface area contributed by atoms with Gasteiger partial charge < -0.3 is 5.73 Å². The molecule has 9 heteroatoms. The smallest absolute Gasteiger partial charge is 0.369 e. The molecular weight excluding hydrogens is 235 g/mol. The minimum Gasteiger partial charge on any atom is -0.369 e. The minimum atomic E-state index is -6.44. The lowest BCUT2D eigenvalue weighted by Gasteiger charge is -2.30. The lowest BCUT2D eigenvalue weighted by atomic mass is 9.96. The monoisotopic (exact) mass is 241 g/mol. The molecule has 0 aromatic rings. The second-order valence-corrected chi connectivity index (χ2v) is 2.82. The molecule has 2 N–H and O–H groups in total. The average Bonchev–Trinajstić information content (AvgIpc) is 2.00. The molecule has 1 unspecified atom stereocenters. The summed E-state index contributed by atoms with van der Waals surface area (Å²) in [4.78, 5) is 10.2. The van der Waals surface area contributed by atoms with Crippen LogP contribution in [0.5, 0.6) is 0 Å². The van der Waals surface area contributed by atoms with Gasteiger partial charge in [-0.05, 0) is 6.92 Å². The van der Waals surface area contributed by atoms with E-state index in [-0.39, 0.29) is 6.92 Å². The summed E-state index contributed by atoms with van der Waals surface area (Å²) in [6.07, 6.45) is -6.44. The number of halogens is 7. The summed E-state index contributed by atoms with van der Waals surface area (Å²) in [7, 11) is 0. The van der Waals surface area contributed by atoms with Gasteiger partial charge >= 0.3 is 18.0 Å². The Morgan fingerprint density at radius 3 is 1.60 bits per heavy atom. The Morgan fingerprint density at radius 2 is 1.40 bits per heavy atom. The third-order valence-electron chi connectivity index (χ3n) is 1.75. The van der Waals surface area contributed by atoms with E-state index in [2.05, 4.69) is 5.73 Å². The van der Waals surface area contributed by atoms with Crippen LogP contribution in [0.3, 0.4) is 0 Å². The molecule has 0 saturated heterocycles. The van der Waals surface area contributed by atoms with E-state index in [1.165, 1.54) is 0 Å². The SMILES string of the molecule is CC(C(N)=O)C(F)(F)C(F)(F)C(F)(F)F. The first-order chi connectivity index (χ1) is 6.35. The molecule has 0 fully saturated rings. The second kappa shape index (κ2) is 3.53. The summed E-state index contributed by atoms with van der Waals surface area (Å²) in [6, 6.07) is 0. The van der Waals surface area contributed by atoms with Crippen molar-refractivity contribution >= 4 is 5.91 Å². The molecule has 0 rings (SSSR count). The summed E-state index contributed by atoms with van der Waals surface area (Å²) in [5.41, 5.74) is 4.24. The number of carbonyl (C=O) groups is 1. The average molecular weight is 241 g/mol. The van der Waals surface area contributed by atoms with E-state index in [4.69, 9.17) is 0 Å². The number of carbonyl (C=O) groups excluding carboxylic acids is 1. The van der Waals surface area contributed by atoms with E-state index in [9.17, 15) is 35.5 Å². The molecule has 15 heavy (non-hydrogen) atoms. The number of nitrogens with two attached hydrogens (primary N) is 1. The Kier molecular flexibility index (Phi) is 3.29. The van der Waals surface area contributed by atoms with Gasteiger partial charge in [0.2, 0.25) is 5.91 Å². The van der Waals surface area contributed by atoms with Crippen molar-refractivity contribution in [3.63, 3.8) is 0 Å². The van der Waals surface area contributed by atoms with Crippen molar-refractivity contribution < 1.29 is 35.5 Å². The molecule has 0 saturated carbocycles. The highest BCUT2D eigenvalue weighted by atomic mass is 19.4. The molecule has 1 atom stereocenters. The first kappa shape index (κ1) is 14.0. The highest BCUT2D eigenvalue weighted by Gasteiger charge is 2.75. The van der Waals surface area contributed by atoms with Gasteiger partial charge in [0.1, 0.15) is 5.92 Å². The van der Waals surface area contributed by atoms with Crippen LogP contribution in [-0.4, -0.2) is 23.9 Å². The predicted octanol–water partition coefficient (Wildman–Crippen LogP) is 1.94. The summed E-state index contributed by atoms with van der Waals surface area (Å²) < 4.78 is 84.3. The van der Waals surface area contributed by atoms with E-state index in [1.807, 2.05) is 0 Å². The van der Waals surface area contributed by atoms with Gasteiger partial charge in [-0.3, -0.25) is 4.79 Å². The molecular formula is C6H6F7NO. The fourth-order valence-electron chi connectivity index (χ4n) is 0.640. The zero-order valence-electron chi connectivity index (χ0n) is 7.21. The summed E-state index contributed by atoms with van der Waals surface area (Å²) in [6.45, 7) is 0.196. The maximum atomic E-state index is 12.6. The van der Waals surface area contributed by atoms with Crippen LogP contribution in [0, 0.1) is 5.92 Å². The van der Waals surface area contributed by atoms with Crippen LogP contribution in [0.1, 0.15) is 6.92 Å². The van der Waals surface area contributed by atoms with E-state index < -0.39 is 29.8 Å². The maximum Gasteiger partial charge on any atom is 0.459 e. The van der Waals surface area contributed by atoms with Gasteiger partial charge in [-0.25, -0.2) is 0 Å². The van der Waals surface area contributed by atoms with E-state index in [0.717, 1.165) is 0 Å². The molecule has 0 heterocycles. The van der Waals surface area contributed by atoms with Crippen LogP contribution in [0.4, 0.5) is 30.7 Å². The van der Waals surface area contributed by atoms with E-state index in [1.54, 1.807) is 0 Å². The van der Waals surface area contributed by atoms with Crippen molar-refractivity contribution in [2.24, 2.45) is 11.7 Å². The summed E-state index contributed by atoms with van der Waals surface area (Å²) in [5.74, 6) is -16.7. The fraction of sp³-hybridized carbons (Fsp3) is 0.833. The molecule has 0 aliphatic carbocycles. The zero-order chi connectivity index (χ0) is 12.7. The first-order valence-corrected chi connectivity index (χ1v) is 3.47. The topological polar surface area (TPSA) is 43.1 Å². The molecule has 0 aromatic heterocycles. The van der Waals surface area contributed by atoms with Crippen molar-refractivity contribution in [2.75, 3.05) is 0 Å². The fourth-order valence-corrected chi connectivity index (χ4v) is 0.640. The number of amides is 1. The number of rotatable bonds is 3. The molecule has 1 amide bonds. The first-order valence-electron chi connectivity index (χ1n) is 3.47. The highest BCUT2D eigenvalue weighted by Crippen LogP contribution is 2.49. The molecule has 0 radical (unpaired) electrons. The Balaban J connectivity index is 5.28. The normalized spacial score (nSPS) is 16.3. The highest BCUT2D eigenvalue weighted by molar-refractivity contribution is 5.77. The largest absolute Gasteiger partial charge is 0.459 e. The van der Waals surface area contributed by atoms with E-state index >= 15 is 0 Å². The molecule has 90 valence electrons. The van der Waals surface area contributed by atoms with Crippen molar-refractivity contribution in [3.8, 4) is 0 Å². The lowest BCUT2D eigenvalue weighted by molar-refractivity contribution is -0.361. The van der Waals surface area contributed by atoms with E-state index in [0.29, 0.717) is 0 Å². The van der Waals surface area contributed by atoms with Gasteiger partial charge in [0.15, 0.2) is 0 Å². The quantitative estimate of drug-likeness (QED) is 0.754. The van der Waals surface area contributed by atoms with Gasteiger partial charge in [-0.2, -0.15) is 30.7 Å². The Labute approximate surface area is 79.2 Å². The third-order valence-corrected chi connectivity index (χ3v) is 1.75. The standard InChI is InChI=1S/C6H6F7NO/c1-2(3(14)15)4(7,8)5(9,10)6(11,12)13/h2H,1H3,(H2,14,15). The van der Waals surface area contributed by atoms with Gasteiger partial charge in [0.05, 0.1) is 0 Å². The Hall–Kier alpha value is -1.02. The van der Waals surface area contributed by atoms with Crippen molar-refractivity contribution in [2.45, 2.75) is 24.9 Å². The van der Waals surface area contributed by atoms with Crippen LogP contribution in [0.25, 0.3) is 0 Å². The van der Waals surface area contributed by atoms with Crippen molar-refractivity contribution in [1.82, 2.24) is 0 Å². The van der Waals surface area contributed by atoms with Crippen molar-refractivity contribution in [3.05, 3.63) is 0 Å². The van der Waals surface area contributed by atoms with Crippen LogP contribution >= 0.6 is 0 Å². The molecule has 0 aromatic carbocycles.